The Hall–Kier alpha value is -1.10. The van der Waals surface area contributed by atoms with E-state index in [1.54, 1.807) is 0 Å². The number of hydrogen-bond donors (Lipinski definition) is 1. The normalized spacial score (nSPS) is 12.0. The highest BCUT2D eigenvalue weighted by atomic mass is 16.6. The standard InChI is InChI=1S/C34H66O5/c1-3-5-7-9-11-13-15-17-19-20-22-24-26-28-33(36)38-31-32(30-35)39-34(37)29-27-25-23-21-18-16-14-12-10-8-6-4-2/h32,35H,3-31H2,1-2H3. The second kappa shape index (κ2) is 31.4. The zero-order chi connectivity index (χ0) is 28.7. The molecular weight excluding hydrogens is 488 g/mol. The van der Waals surface area contributed by atoms with E-state index in [4.69, 9.17) is 9.47 Å². The van der Waals surface area contributed by atoms with Gasteiger partial charge in [0.25, 0.3) is 0 Å². The first-order chi connectivity index (χ1) is 19.1. The average molecular weight is 555 g/mol. The molecule has 0 aliphatic carbocycles. The van der Waals surface area contributed by atoms with E-state index in [1.165, 1.54) is 128 Å². The van der Waals surface area contributed by atoms with Crippen molar-refractivity contribution in [3.63, 3.8) is 0 Å². The van der Waals surface area contributed by atoms with Crippen molar-refractivity contribution in [1.29, 1.82) is 0 Å². The Morgan fingerprint density at radius 3 is 1.13 bits per heavy atom. The number of ether oxygens (including phenoxy) is 2. The maximum absolute atomic E-state index is 12.1. The molecule has 0 rings (SSSR count). The summed E-state index contributed by atoms with van der Waals surface area (Å²) in [6.07, 6.45) is 31.5. The van der Waals surface area contributed by atoms with Crippen LogP contribution in [0.5, 0.6) is 0 Å². The van der Waals surface area contributed by atoms with E-state index in [2.05, 4.69) is 13.8 Å². The van der Waals surface area contributed by atoms with Crippen LogP contribution in [0.1, 0.15) is 187 Å². The van der Waals surface area contributed by atoms with E-state index in [0.717, 1.165) is 32.1 Å². The van der Waals surface area contributed by atoms with Crippen molar-refractivity contribution in [2.45, 2.75) is 193 Å². The number of rotatable bonds is 31. The zero-order valence-corrected chi connectivity index (χ0v) is 26.2. The molecule has 5 heteroatoms. The molecule has 5 nitrogen and oxygen atoms in total. The summed E-state index contributed by atoms with van der Waals surface area (Å²) in [7, 11) is 0. The van der Waals surface area contributed by atoms with E-state index < -0.39 is 6.10 Å². The number of hydrogen-bond acceptors (Lipinski definition) is 5. The number of aliphatic hydroxyl groups is 1. The summed E-state index contributed by atoms with van der Waals surface area (Å²) in [6, 6.07) is 0. The number of aliphatic hydroxyl groups excluding tert-OH is 1. The molecule has 0 aliphatic heterocycles. The second-order valence-corrected chi connectivity index (χ2v) is 11.6. The van der Waals surface area contributed by atoms with Gasteiger partial charge in [0.1, 0.15) is 6.61 Å². The maximum Gasteiger partial charge on any atom is 0.306 e. The molecule has 0 aromatic heterocycles. The van der Waals surface area contributed by atoms with Crippen molar-refractivity contribution in [2.75, 3.05) is 13.2 Å². The zero-order valence-electron chi connectivity index (χ0n) is 26.2. The summed E-state index contributed by atoms with van der Waals surface area (Å²) in [5, 5.41) is 9.49. The van der Waals surface area contributed by atoms with Crippen LogP contribution < -0.4 is 0 Å². The fraction of sp³-hybridized carbons (Fsp3) is 0.941. The summed E-state index contributed by atoms with van der Waals surface area (Å²) in [6.45, 7) is 4.13. The highest BCUT2D eigenvalue weighted by Crippen LogP contribution is 2.14. The largest absolute Gasteiger partial charge is 0.462 e. The van der Waals surface area contributed by atoms with Crippen molar-refractivity contribution in [1.82, 2.24) is 0 Å². The Bertz CT molecular complexity index is 522. The van der Waals surface area contributed by atoms with Gasteiger partial charge in [-0.25, -0.2) is 0 Å². The van der Waals surface area contributed by atoms with E-state index in [1.807, 2.05) is 0 Å². The molecular formula is C34H66O5. The molecule has 0 saturated carbocycles. The molecule has 39 heavy (non-hydrogen) atoms. The molecule has 1 atom stereocenters. The molecule has 1 unspecified atom stereocenters. The fourth-order valence-corrected chi connectivity index (χ4v) is 5.02. The first-order valence-electron chi connectivity index (χ1n) is 17.1. The van der Waals surface area contributed by atoms with Gasteiger partial charge in [-0.1, -0.05) is 162 Å². The van der Waals surface area contributed by atoms with Gasteiger partial charge in [-0.2, -0.15) is 0 Å². The molecule has 232 valence electrons. The molecule has 0 bridgehead atoms. The van der Waals surface area contributed by atoms with Gasteiger partial charge in [0.2, 0.25) is 0 Å². The van der Waals surface area contributed by atoms with Gasteiger partial charge < -0.3 is 14.6 Å². The molecule has 1 N–H and O–H groups in total. The predicted molar refractivity (Wildman–Crippen MR) is 164 cm³/mol. The van der Waals surface area contributed by atoms with Crippen LogP contribution in [0.3, 0.4) is 0 Å². The van der Waals surface area contributed by atoms with E-state index in [9.17, 15) is 14.7 Å². The topological polar surface area (TPSA) is 72.8 Å². The van der Waals surface area contributed by atoms with Crippen molar-refractivity contribution >= 4 is 11.9 Å². The lowest BCUT2D eigenvalue weighted by Gasteiger charge is -2.15. The lowest BCUT2D eigenvalue weighted by atomic mass is 10.0. The van der Waals surface area contributed by atoms with Gasteiger partial charge in [-0.05, 0) is 12.8 Å². The average Bonchev–Trinajstić information content (AvgIpc) is 2.94. The van der Waals surface area contributed by atoms with E-state index in [-0.39, 0.29) is 25.2 Å². The first-order valence-corrected chi connectivity index (χ1v) is 17.1. The third-order valence-electron chi connectivity index (χ3n) is 7.65. The molecule has 0 aliphatic rings. The van der Waals surface area contributed by atoms with Gasteiger partial charge in [-0.3, -0.25) is 9.59 Å². The molecule has 0 amide bonds. The summed E-state index contributed by atoms with van der Waals surface area (Å²) < 4.78 is 10.5. The Balaban J connectivity index is 3.53. The van der Waals surface area contributed by atoms with Crippen LogP contribution in [0.15, 0.2) is 0 Å². The Morgan fingerprint density at radius 1 is 0.487 bits per heavy atom. The van der Waals surface area contributed by atoms with Gasteiger partial charge in [0.15, 0.2) is 6.10 Å². The summed E-state index contributed by atoms with van der Waals surface area (Å²) in [4.78, 5) is 24.1. The third kappa shape index (κ3) is 29.7. The molecule has 0 fully saturated rings. The third-order valence-corrected chi connectivity index (χ3v) is 7.65. The smallest absolute Gasteiger partial charge is 0.306 e. The molecule has 0 heterocycles. The maximum atomic E-state index is 12.1. The highest BCUT2D eigenvalue weighted by molar-refractivity contribution is 5.70. The fourth-order valence-electron chi connectivity index (χ4n) is 5.02. The minimum Gasteiger partial charge on any atom is -0.462 e. The number of carbonyl (C=O) groups is 2. The molecule has 0 radical (unpaired) electrons. The minimum atomic E-state index is -0.759. The van der Waals surface area contributed by atoms with Gasteiger partial charge in [-0.15, -0.1) is 0 Å². The number of unbranched alkanes of at least 4 members (excludes halogenated alkanes) is 23. The van der Waals surface area contributed by atoms with Crippen LogP contribution in [0.2, 0.25) is 0 Å². The molecule has 0 aromatic rings. The van der Waals surface area contributed by atoms with Crippen LogP contribution >= 0.6 is 0 Å². The van der Waals surface area contributed by atoms with Gasteiger partial charge in [0.05, 0.1) is 6.61 Å². The van der Waals surface area contributed by atoms with Crippen molar-refractivity contribution in [3.8, 4) is 0 Å². The second-order valence-electron chi connectivity index (χ2n) is 11.6. The SMILES string of the molecule is CCCCCCCCCCCCCCCC(=O)OCC(CO)OC(=O)CCCCCCCCCCCCCC. The molecule has 0 spiro atoms. The first kappa shape index (κ1) is 37.9. The number of esters is 2. The summed E-state index contributed by atoms with van der Waals surface area (Å²) in [5.74, 6) is -0.581. The van der Waals surface area contributed by atoms with E-state index >= 15 is 0 Å². The van der Waals surface area contributed by atoms with Gasteiger partial charge in [0, 0.05) is 12.8 Å². The Labute approximate surface area is 242 Å². The number of carbonyl (C=O) groups excluding carboxylic acids is 2. The van der Waals surface area contributed by atoms with Crippen LogP contribution in [0.4, 0.5) is 0 Å². The summed E-state index contributed by atoms with van der Waals surface area (Å²) in [5.41, 5.74) is 0. The molecule has 0 saturated heterocycles. The van der Waals surface area contributed by atoms with Crippen molar-refractivity contribution < 1.29 is 24.2 Å². The van der Waals surface area contributed by atoms with Crippen LogP contribution in [0, 0.1) is 0 Å². The van der Waals surface area contributed by atoms with Crippen LogP contribution in [-0.2, 0) is 19.1 Å². The van der Waals surface area contributed by atoms with Crippen LogP contribution in [0.25, 0.3) is 0 Å². The predicted octanol–water partition coefficient (Wildman–Crippen LogP) is 10.0. The van der Waals surface area contributed by atoms with Crippen molar-refractivity contribution in [2.24, 2.45) is 0 Å². The Kier molecular flexibility index (Phi) is 30.5. The lowest BCUT2D eigenvalue weighted by Crippen LogP contribution is -2.28. The monoisotopic (exact) mass is 554 g/mol. The van der Waals surface area contributed by atoms with Crippen LogP contribution in [-0.4, -0.2) is 36.4 Å². The Morgan fingerprint density at radius 2 is 0.795 bits per heavy atom. The summed E-state index contributed by atoms with van der Waals surface area (Å²) >= 11 is 0. The van der Waals surface area contributed by atoms with Gasteiger partial charge >= 0.3 is 11.9 Å². The lowest BCUT2D eigenvalue weighted by molar-refractivity contribution is -0.161. The van der Waals surface area contributed by atoms with E-state index in [0.29, 0.717) is 12.8 Å². The minimum absolute atomic E-state index is 0.0576. The molecule has 0 aromatic carbocycles. The highest BCUT2D eigenvalue weighted by Gasteiger charge is 2.16. The van der Waals surface area contributed by atoms with Crippen molar-refractivity contribution in [3.05, 3.63) is 0 Å². The quantitative estimate of drug-likeness (QED) is 0.0681.